The largest absolute Gasteiger partial charge is 0.477 e. The Bertz CT molecular complexity index is 685. The van der Waals surface area contributed by atoms with Crippen molar-refractivity contribution in [2.75, 3.05) is 5.88 Å². The van der Waals surface area contributed by atoms with Gasteiger partial charge >= 0.3 is 11.6 Å². The maximum atomic E-state index is 11.4. The summed E-state index contributed by atoms with van der Waals surface area (Å²) in [6, 6.07) is 6.42. The smallest absolute Gasteiger partial charge is 0.351 e. The van der Waals surface area contributed by atoms with E-state index in [-0.39, 0.29) is 5.56 Å². The molecule has 1 heterocycles. The third-order valence-corrected chi connectivity index (χ3v) is 2.56. The van der Waals surface area contributed by atoms with Gasteiger partial charge in [-0.25, -0.2) is 9.59 Å². The first-order valence-corrected chi connectivity index (χ1v) is 5.69. The summed E-state index contributed by atoms with van der Waals surface area (Å²) in [5.74, 6) is -0.908. The van der Waals surface area contributed by atoms with Crippen molar-refractivity contribution in [2.24, 2.45) is 0 Å². The minimum Gasteiger partial charge on any atom is -0.477 e. The summed E-state index contributed by atoms with van der Waals surface area (Å²) in [5, 5.41) is 9.40. The predicted octanol–water partition coefficient (Wildman–Crippen LogP) is 2.74. The van der Waals surface area contributed by atoms with Crippen LogP contribution in [0.4, 0.5) is 0 Å². The Hall–Kier alpha value is -2.07. The maximum Gasteiger partial charge on any atom is 0.351 e. The second-order valence-electron chi connectivity index (χ2n) is 3.61. The molecule has 0 aliphatic heterocycles. The number of hydrogen-bond donors (Lipinski definition) is 1. The molecule has 0 unspecified atom stereocenters. The number of carboxylic acid groups (broad SMARTS) is 1. The SMILES string of the molecule is O=C(O)c1cc2cc(C=CCCl)ccc2oc1=O. The first kappa shape index (κ1) is 12.4. The number of benzene rings is 1. The molecule has 1 aromatic heterocycles. The summed E-state index contributed by atoms with van der Waals surface area (Å²) < 4.78 is 4.93. The molecule has 0 aliphatic carbocycles. The third kappa shape index (κ3) is 2.43. The van der Waals surface area contributed by atoms with E-state index in [1.807, 2.05) is 0 Å². The molecule has 0 amide bonds. The fourth-order valence-electron chi connectivity index (χ4n) is 1.58. The number of carbonyl (C=O) groups is 1. The van der Waals surface area contributed by atoms with Gasteiger partial charge in [-0.2, -0.15) is 0 Å². The van der Waals surface area contributed by atoms with Crippen molar-refractivity contribution >= 4 is 34.6 Å². The lowest BCUT2D eigenvalue weighted by Crippen LogP contribution is -2.12. The Labute approximate surface area is 107 Å². The van der Waals surface area contributed by atoms with Crippen LogP contribution >= 0.6 is 11.6 Å². The van der Waals surface area contributed by atoms with E-state index in [9.17, 15) is 9.59 Å². The van der Waals surface area contributed by atoms with Crippen LogP contribution in [0.5, 0.6) is 0 Å². The van der Waals surface area contributed by atoms with Crippen molar-refractivity contribution in [3.8, 4) is 0 Å². The van der Waals surface area contributed by atoms with Crippen LogP contribution < -0.4 is 5.63 Å². The molecule has 4 nitrogen and oxygen atoms in total. The molecule has 1 aromatic carbocycles. The highest BCUT2D eigenvalue weighted by molar-refractivity contribution is 6.19. The van der Waals surface area contributed by atoms with Crippen LogP contribution in [0.15, 0.2) is 39.6 Å². The van der Waals surface area contributed by atoms with Gasteiger partial charge in [-0.15, -0.1) is 11.6 Å². The molecule has 0 radical (unpaired) electrons. The van der Waals surface area contributed by atoms with E-state index >= 15 is 0 Å². The van der Waals surface area contributed by atoms with Gasteiger partial charge in [0.25, 0.3) is 0 Å². The summed E-state index contributed by atoms with van der Waals surface area (Å²) in [6.45, 7) is 0. The summed E-state index contributed by atoms with van der Waals surface area (Å²) in [6.07, 6.45) is 3.57. The molecule has 0 saturated carbocycles. The zero-order valence-corrected chi connectivity index (χ0v) is 9.98. The van der Waals surface area contributed by atoms with Gasteiger partial charge in [-0.05, 0) is 23.8 Å². The number of allylic oxidation sites excluding steroid dienone is 1. The van der Waals surface area contributed by atoms with Crippen molar-refractivity contribution in [1.82, 2.24) is 0 Å². The van der Waals surface area contributed by atoms with Gasteiger partial charge in [0.15, 0.2) is 0 Å². The van der Waals surface area contributed by atoms with Gasteiger partial charge in [-0.1, -0.05) is 18.2 Å². The van der Waals surface area contributed by atoms with E-state index in [0.717, 1.165) is 5.56 Å². The van der Waals surface area contributed by atoms with Crippen molar-refractivity contribution in [3.63, 3.8) is 0 Å². The lowest BCUT2D eigenvalue weighted by molar-refractivity contribution is 0.0692. The van der Waals surface area contributed by atoms with E-state index in [0.29, 0.717) is 16.8 Å². The van der Waals surface area contributed by atoms with Crippen molar-refractivity contribution in [3.05, 3.63) is 51.9 Å². The quantitative estimate of drug-likeness (QED) is 0.684. The fraction of sp³-hybridized carbons (Fsp3) is 0.0769. The molecule has 0 atom stereocenters. The fourth-order valence-corrected chi connectivity index (χ4v) is 1.66. The Morgan fingerprint density at radius 3 is 2.83 bits per heavy atom. The van der Waals surface area contributed by atoms with Crippen molar-refractivity contribution < 1.29 is 14.3 Å². The number of halogens is 1. The molecule has 0 fully saturated rings. The molecular formula is C13H9ClO4. The highest BCUT2D eigenvalue weighted by Crippen LogP contribution is 2.16. The van der Waals surface area contributed by atoms with Gasteiger partial charge in [0.05, 0.1) is 0 Å². The number of aromatic carboxylic acids is 1. The second kappa shape index (κ2) is 5.06. The summed E-state index contributed by atoms with van der Waals surface area (Å²) in [4.78, 5) is 22.2. The monoisotopic (exact) mass is 264 g/mol. The van der Waals surface area contributed by atoms with E-state index in [2.05, 4.69) is 0 Å². The number of fused-ring (bicyclic) bond motifs is 1. The van der Waals surface area contributed by atoms with Gasteiger partial charge in [0, 0.05) is 11.3 Å². The standard InChI is InChI=1S/C13H9ClO4/c14-5-1-2-8-3-4-11-9(6-8)7-10(12(15)16)13(17)18-11/h1-4,6-7H,5H2,(H,15,16). The van der Waals surface area contributed by atoms with Gasteiger partial charge in [0.1, 0.15) is 11.1 Å². The highest BCUT2D eigenvalue weighted by Gasteiger charge is 2.11. The van der Waals surface area contributed by atoms with Crippen LogP contribution in [0.1, 0.15) is 15.9 Å². The molecule has 0 spiro atoms. The zero-order chi connectivity index (χ0) is 13.1. The summed E-state index contributed by atoms with van der Waals surface area (Å²) in [5.41, 5.74) is -0.0126. The molecular weight excluding hydrogens is 256 g/mol. The van der Waals surface area contributed by atoms with Crippen LogP contribution in [0, 0.1) is 0 Å². The molecule has 92 valence electrons. The molecule has 0 saturated heterocycles. The van der Waals surface area contributed by atoms with Crippen LogP contribution in [-0.2, 0) is 0 Å². The average molecular weight is 265 g/mol. The van der Waals surface area contributed by atoms with Crippen LogP contribution in [0.2, 0.25) is 0 Å². The average Bonchev–Trinajstić information content (AvgIpc) is 2.35. The van der Waals surface area contributed by atoms with E-state index in [4.69, 9.17) is 21.1 Å². The molecule has 5 heteroatoms. The maximum absolute atomic E-state index is 11.4. The molecule has 0 bridgehead atoms. The number of carboxylic acids is 1. The summed E-state index contributed by atoms with van der Waals surface area (Å²) >= 11 is 5.53. The highest BCUT2D eigenvalue weighted by atomic mass is 35.5. The third-order valence-electron chi connectivity index (χ3n) is 2.39. The Morgan fingerprint density at radius 2 is 2.17 bits per heavy atom. The van der Waals surface area contributed by atoms with Gasteiger partial charge in [-0.3, -0.25) is 0 Å². The number of hydrogen-bond acceptors (Lipinski definition) is 3. The minimum atomic E-state index is -1.30. The number of rotatable bonds is 3. The Balaban J connectivity index is 2.61. The molecule has 1 N–H and O–H groups in total. The first-order valence-electron chi connectivity index (χ1n) is 5.15. The van der Waals surface area contributed by atoms with Crippen LogP contribution in [0.25, 0.3) is 17.0 Å². The first-order chi connectivity index (χ1) is 8.61. The topological polar surface area (TPSA) is 67.5 Å². The second-order valence-corrected chi connectivity index (χ2v) is 3.92. The Morgan fingerprint density at radius 1 is 1.39 bits per heavy atom. The molecule has 2 rings (SSSR count). The lowest BCUT2D eigenvalue weighted by Gasteiger charge is -2.00. The molecule has 2 aromatic rings. The van der Waals surface area contributed by atoms with Crippen molar-refractivity contribution in [2.45, 2.75) is 0 Å². The van der Waals surface area contributed by atoms with Gasteiger partial charge in [0.2, 0.25) is 0 Å². The number of alkyl halides is 1. The zero-order valence-electron chi connectivity index (χ0n) is 9.22. The van der Waals surface area contributed by atoms with Crippen LogP contribution in [-0.4, -0.2) is 17.0 Å². The molecule has 0 aliphatic rings. The van der Waals surface area contributed by atoms with E-state index in [1.54, 1.807) is 30.4 Å². The van der Waals surface area contributed by atoms with Crippen LogP contribution in [0.3, 0.4) is 0 Å². The minimum absolute atomic E-state index is 0.355. The molecule has 18 heavy (non-hydrogen) atoms. The normalized spacial score (nSPS) is 11.2. The lowest BCUT2D eigenvalue weighted by atomic mass is 10.1. The predicted molar refractivity (Wildman–Crippen MR) is 69.2 cm³/mol. The summed E-state index contributed by atoms with van der Waals surface area (Å²) in [7, 11) is 0. The van der Waals surface area contributed by atoms with Crippen molar-refractivity contribution in [1.29, 1.82) is 0 Å². The Kier molecular flexibility index (Phi) is 3.48. The van der Waals surface area contributed by atoms with Gasteiger partial charge < -0.3 is 9.52 Å². The van der Waals surface area contributed by atoms with E-state index in [1.165, 1.54) is 6.07 Å². The van der Waals surface area contributed by atoms with E-state index < -0.39 is 11.6 Å².